The van der Waals surface area contributed by atoms with Gasteiger partial charge in [-0.3, -0.25) is 19.7 Å². The topological polar surface area (TPSA) is 268 Å². The summed E-state index contributed by atoms with van der Waals surface area (Å²) in [5.41, 5.74) is 1.93. The van der Waals surface area contributed by atoms with Gasteiger partial charge in [0.1, 0.15) is 22.3 Å². The number of nitrogens with one attached hydrogen (secondary N) is 4. The van der Waals surface area contributed by atoms with Gasteiger partial charge in [0.2, 0.25) is 5.91 Å². The molecule has 0 aliphatic carbocycles. The maximum atomic E-state index is 12.5. The van der Waals surface area contributed by atoms with E-state index < -0.39 is 47.4 Å². The molecule has 1 aromatic heterocycles. The molecule has 19 heteroatoms. The molecule has 1 heterocycles. The van der Waals surface area contributed by atoms with E-state index in [0.717, 1.165) is 0 Å². The van der Waals surface area contributed by atoms with E-state index in [1.165, 1.54) is 16.8 Å². The molecule has 7 N–H and O–H groups in total. The van der Waals surface area contributed by atoms with Gasteiger partial charge >= 0.3 is 23.9 Å². The van der Waals surface area contributed by atoms with Crippen molar-refractivity contribution in [1.82, 2.24) is 30.9 Å². The summed E-state index contributed by atoms with van der Waals surface area (Å²) < 4.78 is 1.97. The van der Waals surface area contributed by atoms with Crippen molar-refractivity contribution in [3.63, 3.8) is 0 Å². The van der Waals surface area contributed by atoms with Crippen LogP contribution in [-0.2, 0) is 32.3 Å². The lowest BCUT2D eigenvalue weighted by atomic mass is 10.1. The number of nitro benzene ring substituents is 1. The summed E-state index contributed by atoms with van der Waals surface area (Å²) in [7, 11) is 0. The van der Waals surface area contributed by atoms with Gasteiger partial charge in [0.15, 0.2) is 0 Å². The van der Waals surface area contributed by atoms with E-state index in [0.29, 0.717) is 33.5 Å². The van der Waals surface area contributed by atoms with Crippen LogP contribution >= 0.6 is 22.6 Å². The summed E-state index contributed by atoms with van der Waals surface area (Å²) >= 11 is 1.98. The molecule has 0 bridgehead atoms. The average molecular weight is 718 g/mol. The highest BCUT2D eigenvalue weighted by Gasteiger charge is 2.25. The van der Waals surface area contributed by atoms with Crippen LogP contribution in [0.5, 0.6) is 0 Å². The van der Waals surface area contributed by atoms with Crippen molar-refractivity contribution in [2.45, 2.75) is 64.2 Å². The van der Waals surface area contributed by atoms with E-state index >= 15 is 0 Å². The standard InChI is InChI=1S/C24H31IN8O10/c1-13-10-14(33(42)43)5-6-15(13)27-11-18-21(25)30-31-32(18)12-19(34)26-9-3-2-4-16(22(37)38)28-24(41)29-17(23(39)40)7-8-20(35)36/h5-6,10,16-17,27H,2-4,7-9,11-12H2,1H3,(H,26,34)(H,35,36)(H,37,38)(H,39,40)(H2,28,29,41)/t16-,17-/m0/s1. The predicted octanol–water partition coefficient (Wildman–Crippen LogP) is 1.07. The first-order valence-electron chi connectivity index (χ1n) is 12.9. The molecule has 3 amide bonds. The van der Waals surface area contributed by atoms with Crippen LogP contribution in [0.3, 0.4) is 0 Å². The van der Waals surface area contributed by atoms with Crippen LogP contribution in [0.2, 0.25) is 0 Å². The van der Waals surface area contributed by atoms with Crippen LogP contribution in [0.1, 0.15) is 43.4 Å². The van der Waals surface area contributed by atoms with E-state index in [-0.39, 0.29) is 44.1 Å². The van der Waals surface area contributed by atoms with Crippen molar-refractivity contribution in [3.05, 3.63) is 43.3 Å². The largest absolute Gasteiger partial charge is 0.481 e. The number of non-ortho nitro benzene ring substituents is 1. The molecule has 0 radical (unpaired) electrons. The Kier molecular flexibility index (Phi) is 13.5. The maximum Gasteiger partial charge on any atom is 0.326 e. The monoisotopic (exact) mass is 718 g/mol. The van der Waals surface area contributed by atoms with E-state index in [9.17, 15) is 39.2 Å². The molecule has 0 aliphatic rings. The van der Waals surface area contributed by atoms with Crippen LogP contribution in [0.15, 0.2) is 18.2 Å². The van der Waals surface area contributed by atoms with Crippen LogP contribution in [0, 0.1) is 20.7 Å². The van der Waals surface area contributed by atoms with Crippen LogP contribution in [0.4, 0.5) is 16.2 Å². The summed E-state index contributed by atoms with van der Waals surface area (Å²) in [6, 6.07) is 0.516. The number of urea groups is 1. The molecule has 0 unspecified atom stereocenters. The first-order chi connectivity index (χ1) is 20.3. The highest BCUT2D eigenvalue weighted by molar-refractivity contribution is 14.1. The van der Waals surface area contributed by atoms with Gasteiger partial charge in [-0.1, -0.05) is 5.21 Å². The molecular weight excluding hydrogens is 687 g/mol. The van der Waals surface area contributed by atoms with E-state index in [1.807, 2.05) is 22.6 Å². The molecule has 2 rings (SSSR count). The molecule has 0 saturated carbocycles. The SMILES string of the molecule is Cc1cc([N+](=O)[O-])ccc1NCc1c(I)nnn1CC(=O)NCCCC[C@H](NC(=O)N[C@@H](CCC(=O)O)C(=O)O)C(=O)O. The lowest BCUT2D eigenvalue weighted by Gasteiger charge is -2.18. The van der Waals surface area contributed by atoms with Gasteiger partial charge in [-0.15, -0.1) is 5.10 Å². The number of aromatic nitrogens is 3. The summed E-state index contributed by atoms with van der Waals surface area (Å²) in [4.78, 5) is 68.4. The molecule has 0 aliphatic heterocycles. The first kappa shape index (κ1) is 34.6. The molecule has 0 fully saturated rings. The van der Waals surface area contributed by atoms with Crippen molar-refractivity contribution in [2.75, 3.05) is 11.9 Å². The van der Waals surface area contributed by atoms with Crippen molar-refractivity contribution >= 4 is 63.8 Å². The molecule has 234 valence electrons. The number of carbonyl (C=O) groups excluding carboxylic acids is 2. The quantitative estimate of drug-likeness (QED) is 0.0493. The van der Waals surface area contributed by atoms with Crippen molar-refractivity contribution in [2.24, 2.45) is 0 Å². The van der Waals surface area contributed by atoms with E-state index in [2.05, 4.69) is 31.6 Å². The zero-order valence-corrected chi connectivity index (χ0v) is 25.1. The number of nitro groups is 1. The third-order valence-corrected chi connectivity index (χ3v) is 6.88. The number of rotatable bonds is 18. The highest BCUT2D eigenvalue weighted by Crippen LogP contribution is 2.22. The Labute approximate surface area is 257 Å². The smallest absolute Gasteiger partial charge is 0.326 e. The number of anilines is 1. The number of hydrogen-bond acceptors (Lipinski definition) is 10. The minimum Gasteiger partial charge on any atom is -0.481 e. The van der Waals surface area contributed by atoms with Gasteiger partial charge in [0.05, 0.1) is 17.2 Å². The second-order valence-electron chi connectivity index (χ2n) is 9.27. The second kappa shape index (κ2) is 16.8. The number of hydrogen-bond donors (Lipinski definition) is 7. The van der Waals surface area contributed by atoms with E-state index in [4.69, 9.17) is 10.2 Å². The fraction of sp³-hybridized carbons (Fsp3) is 0.458. The molecule has 43 heavy (non-hydrogen) atoms. The maximum absolute atomic E-state index is 12.5. The van der Waals surface area contributed by atoms with E-state index in [1.54, 1.807) is 13.0 Å². The van der Waals surface area contributed by atoms with Gasteiger partial charge in [-0.25, -0.2) is 19.1 Å². The van der Waals surface area contributed by atoms with Crippen LogP contribution < -0.4 is 21.3 Å². The highest BCUT2D eigenvalue weighted by atomic mass is 127. The third kappa shape index (κ3) is 11.7. The molecule has 0 saturated heterocycles. The normalized spacial score (nSPS) is 12.0. The molecule has 2 aromatic rings. The number of unbranched alkanes of at least 4 members (excludes halogenated alkanes) is 1. The average Bonchev–Trinajstić information content (AvgIpc) is 3.27. The number of amides is 3. The predicted molar refractivity (Wildman–Crippen MR) is 156 cm³/mol. The van der Waals surface area contributed by atoms with Gasteiger partial charge in [-0.2, -0.15) is 0 Å². The number of carboxylic acid groups (broad SMARTS) is 3. The van der Waals surface area contributed by atoms with Gasteiger partial charge < -0.3 is 36.6 Å². The molecule has 0 spiro atoms. The number of halogens is 1. The fourth-order valence-corrected chi connectivity index (χ4v) is 4.34. The minimum atomic E-state index is -1.50. The summed E-state index contributed by atoms with van der Waals surface area (Å²) in [5, 5.41) is 56.2. The van der Waals surface area contributed by atoms with Gasteiger partial charge in [0.25, 0.3) is 5.69 Å². The zero-order valence-electron chi connectivity index (χ0n) is 22.9. The Morgan fingerprint density at radius 1 is 1.05 bits per heavy atom. The molecule has 1 aromatic carbocycles. The van der Waals surface area contributed by atoms with Crippen LogP contribution in [-0.4, -0.2) is 83.7 Å². The third-order valence-electron chi connectivity index (χ3n) is 6.05. The molecule has 2 atom stereocenters. The number of aryl methyl sites for hydroxylation is 1. The summed E-state index contributed by atoms with van der Waals surface area (Å²) in [5.74, 6) is -4.42. The Bertz CT molecular complexity index is 1350. The second-order valence-corrected chi connectivity index (χ2v) is 10.3. The lowest BCUT2D eigenvalue weighted by molar-refractivity contribution is -0.384. The zero-order chi connectivity index (χ0) is 32.1. The number of nitrogens with zero attached hydrogens (tertiary/aromatic N) is 4. The fourth-order valence-electron chi connectivity index (χ4n) is 3.78. The number of aliphatic carboxylic acids is 3. The number of benzene rings is 1. The lowest BCUT2D eigenvalue weighted by Crippen LogP contribution is -2.51. The molecular formula is C24H31IN8O10. The summed E-state index contributed by atoms with van der Waals surface area (Å²) in [6.07, 6.45) is -0.214. The number of carbonyl (C=O) groups is 5. The number of carboxylic acids is 3. The van der Waals surface area contributed by atoms with Crippen molar-refractivity contribution in [1.29, 1.82) is 0 Å². The first-order valence-corrected chi connectivity index (χ1v) is 13.9. The summed E-state index contributed by atoms with van der Waals surface area (Å²) in [6.45, 7) is 2.04. The Morgan fingerprint density at radius 3 is 2.28 bits per heavy atom. The Morgan fingerprint density at radius 2 is 1.70 bits per heavy atom. The Balaban J connectivity index is 1.79. The van der Waals surface area contributed by atoms with Gasteiger partial charge in [0, 0.05) is 30.8 Å². The van der Waals surface area contributed by atoms with Crippen molar-refractivity contribution < 1.29 is 44.2 Å². The van der Waals surface area contributed by atoms with Crippen LogP contribution in [0.25, 0.3) is 0 Å². The van der Waals surface area contributed by atoms with Gasteiger partial charge in [-0.05, 0) is 66.8 Å². The minimum absolute atomic E-state index is 0.00929. The Hall–Kier alpha value is -4.56. The van der Waals surface area contributed by atoms with Crippen molar-refractivity contribution in [3.8, 4) is 0 Å². The molecule has 18 nitrogen and oxygen atoms in total.